The van der Waals surface area contributed by atoms with Gasteiger partial charge in [0.2, 0.25) is 10.0 Å². The van der Waals surface area contributed by atoms with Crippen LogP contribution < -0.4 is 4.74 Å². The van der Waals surface area contributed by atoms with Crippen molar-refractivity contribution >= 4 is 15.8 Å². The number of sulfonamides is 1. The Kier molecular flexibility index (Phi) is 7.20. The van der Waals surface area contributed by atoms with Gasteiger partial charge < -0.3 is 4.74 Å². The van der Waals surface area contributed by atoms with E-state index < -0.39 is 21.9 Å². The minimum absolute atomic E-state index is 0.0110. The molecule has 3 aromatic carbocycles. The highest BCUT2D eigenvalue weighted by Gasteiger charge is 2.38. The molecule has 33 heavy (non-hydrogen) atoms. The van der Waals surface area contributed by atoms with Gasteiger partial charge in [-0.3, -0.25) is 4.79 Å². The number of ketones is 1. The van der Waals surface area contributed by atoms with Crippen LogP contribution in [-0.2, 0) is 27.8 Å². The van der Waals surface area contributed by atoms with Crippen LogP contribution in [0.1, 0.15) is 30.4 Å². The summed E-state index contributed by atoms with van der Waals surface area (Å²) in [6, 6.07) is 21.5. The van der Waals surface area contributed by atoms with E-state index in [4.69, 9.17) is 4.74 Å². The van der Waals surface area contributed by atoms with E-state index in [1.165, 1.54) is 16.4 Å². The van der Waals surface area contributed by atoms with Crippen molar-refractivity contribution in [2.45, 2.75) is 43.2 Å². The van der Waals surface area contributed by atoms with Gasteiger partial charge in [-0.25, -0.2) is 12.8 Å². The number of aryl methyl sites for hydroxylation is 1. The summed E-state index contributed by atoms with van der Waals surface area (Å²) in [5.74, 6) is 0.221. The molecule has 3 aromatic rings. The fourth-order valence-electron chi connectivity index (χ4n) is 4.01. The average molecular weight is 468 g/mol. The molecule has 0 bridgehead atoms. The van der Waals surface area contributed by atoms with Gasteiger partial charge in [0.25, 0.3) is 0 Å². The number of nitrogens with zero attached hydrogens (tertiary/aromatic N) is 1. The molecule has 0 amide bonds. The van der Waals surface area contributed by atoms with Crippen LogP contribution in [-0.4, -0.2) is 31.1 Å². The summed E-state index contributed by atoms with van der Waals surface area (Å²) < 4.78 is 46.2. The van der Waals surface area contributed by atoms with E-state index in [-0.39, 0.29) is 17.1 Å². The fraction of sp³-hybridized carbons (Fsp3) is 0.269. The van der Waals surface area contributed by atoms with Crippen molar-refractivity contribution in [3.05, 3.63) is 95.8 Å². The molecule has 7 heteroatoms. The lowest BCUT2D eigenvalue weighted by Crippen LogP contribution is -2.40. The van der Waals surface area contributed by atoms with E-state index in [1.807, 2.05) is 54.6 Å². The molecule has 0 spiro atoms. The lowest BCUT2D eigenvalue weighted by molar-refractivity contribution is -0.122. The third-order valence-corrected chi connectivity index (χ3v) is 7.75. The van der Waals surface area contributed by atoms with E-state index in [9.17, 15) is 17.6 Å². The predicted octanol–water partition coefficient (Wildman–Crippen LogP) is 4.76. The summed E-state index contributed by atoms with van der Waals surface area (Å²) in [5, 5.41) is 0. The zero-order chi connectivity index (χ0) is 23.3. The molecule has 172 valence electrons. The van der Waals surface area contributed by atoms with Gasteiger partial charge in [-0.15, -0.1) is 0 Å². The molecule has 1 fully saturated rings. The minimum atomic E-state index is -3.84. The molecule has 1 heterocycles. The number of para-hydroxylation sites is 1. The quantitative estimate of drug-likeness (QED) is 0.455. The summed E-state index contributed by atoms with van der Waals surface area (Å²) in [7, 11) is -3.84. The number of rotatable bonds is 9. The average Bonchev–Trinajstić information content (AvgIpc) is 3.34. The number of halogens is 1. The van der Waals surface area contributed by atoms with Crippen LogP contribution in [0.2, 0.25) is 0 Å². The zero-order valence-corrected chi connectivity index (χ0v) is 19.0. The molecule has 1 aliphatic rings. The third kappa shape index (κ3) is 5.67. The first-order valence-corrected chi connectivity index (χ1v) is 12.4. The summed E-state index contributed by atoms with van der Waals surface area (Å²) in [5.41, 5.74) is 2.04. The first kappa shape index (κ1) is 23.1. The van der Waals surface area contributed by atoms with Crippen LogP contribution in [0, 0.1) is 5.82 Å². The number of hydrogen-bond acceptors (Lipinski definition) is 4. The first-order valence-electron chi connectivity index (χ1n) is 11.0. The Morgan fingerprint density at radius 3 is 2.30 bits per heavy atom. The largest absolute Gasteiger partial charge is 0.489 e. The highest BCUT2D eigenvalue weighted by molar-refractivity contribution is 7.89. The van der Waals surface area contributed by atoms with Crippen molar-refractivity contribution in [1.29, 1.82) is 0 Å². The van der Waals surface area contributed by atoms with Crippen LogP contribution in [0.3, 0.4) is 0 Å². The SMILES string of the molecule is O=C(CCc1ccc(COc2ccccc2)cc1)[C@@H]1CCCN1S(=O)(=O)c1ccc(F)cc1. The summed E-state index contributed by atoms with van der Waals surface area (Å²) in [4.78, 5) is 12.9. The van der Waals surface area contributed by atoms with Crippen molar-refractivity contribution in [2.24, 2.45) is 0 Å². The second kappa shape index (κ2) is 10.3. The predicted molar refractivity (Wildman–Crippen MR) is 124 cm³/mol. The molecule has 0 N–H and O–H groups in total. The number of carbonyl (C=O) groups is 1. The number of ether oxygens (including phenoxy) is 1. The zero-order valence-electron chi connectivity index (χ0n) is 18.2. The Balaban J connectivity index is 1.33. The van der Waals surface area contributed by atoms with E-state index in [2.05, 4.69) is 0 Å². The lowest BCUT2D eigenvalue weighted by atomic mass is 10.0. The van der Waals surface area contributed by atoms with Crippen molar-refractivity contribution in [1.82, 2.24) is 4.31 Å². The normalized spacial score (nSPS) is 16.6. The van der Waals surface area contributed by atoms with Gasteiger partial charge in [-0.2, -0.15) is 4.31 Å². The Labute approximate surface area is 193 Å². The second-order valence-electron chi connectivity index (χ2n) is 8.11. The van der Waals surface area contributed by atoms with Crippen LogP contribution in [0.4, 0.5) is 4.39 Å². The number of hydrogen-bond donors (Lipinski definition) is 0. The molecule has 0 unspecified atom stereocenters. The summed E-state index contributed by atoms with van der Waals surface area (Å²) in [6.45, 7) is 0.758. The Hall–Kier alpha value is -3.03. The van der Waals surface area contributed by atoms with Crippen LogP contribution in [0.15, 0.2) is 83.8 Å². The van der Waals surface area contributed by atoms with Gasteiger partial charge >= 0.3 is 0 Å². The topological polar surface area (TPSA) is 63.7 Å². The highest BCUT2D eigenvalue weighted by Crippen LogP contribution is 2.28. The maximum absolute atomic E-state index is 13.2. The Bertz CT molecular complexity index is 1180. The van der Waals surface area contributed by atoms with Crippen LogP contribution >= 0.6 is 0 Å². The molecule has 0 aromatic heterocycles. The number of benzene rings is 3. The molecule has 1 atom stereocenters. The van der Waals surface area contributed by atoms with Gasteiger partial charge in [-0.1, -0.05) is 42.5 Å². The maximum atomic E-state index is 13.2. The van der Waals surface area contributed by atoms with Gasteiger partial charge in [0.05, 0.1) is 10.9 Å². The van der Waals surface area contributed by atoms with Crippen molar-refractivity contribution in [2.75, 3.05) is 6.54 Å². The highest BCUT2D eigenvalue weighted by atomic mass is 32.2. The first-order chi connectivity index (χ1) is 15.9. The minimum Gasteiger partial charge on any atom is -0.489 e. The monoisotopic (exact) mass is 467 g/mol. The molecule has 0 saturated carbocycles. The Morgan fingerprint density at radius 2 is 1.61 bits per heavy atom. The molecule has 1 saturated heterocycles. The van der Waals surface area contributed by atoms with E-state index in [1.54, 1.807) is 0 Å². The van der Waals surface area contributed by atoms with Crippen molar-refractivity contribution in [3.63, 3.8) is 0 Å². The molecule has 5 nitrogen and oxygen atoms in total. The van der Waals surface area contributed by atoms with Crippen molar-refractivity contribution < 1.29 is 22.3 Å². The van der Waals surface area contributed by atoms with Gasteiger partial charge in [-0.05, 0) is 66.8 Å². The molecule has 0 aliphatic carbocycles. The molecule has 4 rings (SSSR count). The molecule has 1 aliphatic heterocycles. The molecular weight excluding hydrogens is 441 g/mol. The van der Waals surface area contributed by atoms with Gasteiger partial charge in [0.15, 0.2) is 5.78 Å². The number of Topliss-reactive ketones (excluding diaryl/α,β-unsaturated/α-hetero) is 1. The van der Waals surface area contributed by atoms with Crippen molar-refractivity contribution in [3.8, 4) is 5.75 Å². The maximum Gasteiger partial charge on any atom is 0.243 e. The Morgan fingerprint density at radius 1 is 0.939 bits per heavy atom. The molecule has 0 radical (unpaired) electrons. The van der Waals surface area contributed by atoms with E-state index in [0.717, 1.165) is 29.0 Å². The summed E-state index contributed by atoms with van der Waals surface area (Å²) >= 11 is 0. The van der Waals surface area contributed by atoms with Crippen LogP contribution in [0.5, 0.6) is 5.75 Å². The smallest absolute Gasteiger partial charge is 0.243 e. The van der Waals surface area contributed by atoms with Crippen LogP contribution in [0.25, 0.3) is 0 Å². The third-order valence-electron chi connectivity index (χ3n) is 5.83. The van der Waals surface area contributed by atoms with Gasteiger partial charge in [0, 0.05) is 13.0 Å². The summed E-state index contributed by atoms with van der Waals surface area (Å²) in [6.07, 6.45) is 1.95. The van der Waals surface area contributed by atoms with Gasteiger partial charge in [0.1, 0.15) is 18.2 Å². The lowest BCUT2D eigenvalue weighted by Gasteiger charge is -2.23. The molecular formula is C26H26FNO4S. The standard InChI is InChI=1S/C26H26FNO4S/c27-22-13-15-24(16-14-22)33(30,31)28-18-4-7-25(28)26(29)17-12-20-8-10-21(11-9-20)19-32-23-5-2-1-3-6-23/h1-3,5-6,8-11,13-16,25H,4,7,12,17-19H2/t25-/m0/s1. The second-order valence-corrected chi connectivity index (χ2v) is 10.0. The number of carbonyl (C=O) groups excluding carboxylic acids is 1. The van der Waals surface area contributed by atoms with E-state index in [0.29, 0.717) is 32.4 Å². The van der Waals surface area contributed by atoms with E-state index >= 15 is 0 Å². The fourth-order valence-corrected chi connectivity index (χ4v) is 5.69.